The maximum Gasteiger partial charge on any atom is 0.349 e. The van der Waals surface area contributed by atoms with Crippen molar-refractivity contribution in [3.05, 3.63) is 66.4 Å². The van der Waals surface area contributed by atoms with Gasteiger partial charge in [0, 0.05) is 35.5 Å². The zero-order valence-electron chi connectivity index (χ0n) is 17.3. The second-order valence-corrected chi connectivity index (χ2v) is 8.40. The van der Waals surface area contributed by atoms with Crippen LogP contribution in [0.5, 0.6) is 0 Å². The van der Waals surface area contributed by atoms with Gasteiger partial charge in [0.25, 0.3) is 11.6 Å². The molecule has 11 heteroatoms. The lowest BCUT2D eigenvalue weighted by Gasteiger charge is -2.22. The number of amides is 1. The van der Waals surface area contributed by atoms with Gasteiger partial charge in [-0.1, -0.05) is 0 Å². The summed E-state index contributed by atoms with van der Waals surface area (Å²) in [4.78, 5) is 51.4. The Morgan fingerprint density at radius 3 is 2.84 bits per heavy atom. The number of hydrogen-bond acceptors (Lipinski definition) is 9. The summed E-state index contributed by atoms with van der Waals surface area (Å²) in [6.07, 6.45) is 0.633. The summed E-state index contributed by atoms with van der Waals surface area (Å²) in [7, 11) is 1.96. The number of nitrogens with zero attached hydrogens (tertiary/aromatic N) is 2. The lowest BCUT2D eigenvalue weighted by atomic mass is 10.0. The monoisotopic (exact) mass is 457 g/mol. The minimum atomic E-state index is -0.886. The summed E-state index contributed by atoms with van der Waals surface area (Å²) in [5.41, 5.74) is -0.146. The average molecular weight is 457 g/mol. The van der Waals surface area contributed by atoms with Crippen molar-refractivity contribution in [1.29, 1.82) is 0 Å². The van der Waals surface area contributed by atoms with E-state index in [0.29, 0.717) is 23.5 Å². The van der Waals surface area contributed by atoms with Gasteiger partial charge in [-0.25, -0.2) is 9.59 Å². The molecular formula is C21H19N3O7S. The highest BCUT2D eigenvalue weighted by Gasteiger charge is 2.29. The molecule has 10 nitrogen and oxygen atoms in total. The van der Waals surface area contributed by atoms with Crippen LogP contribution in [0.15, 0.2) is 33.5 Å². The molecule has 1 amide bonds. The first kappa shape index (κ1) is 21.7. The summed E-state index contributed by atoms with van der Waals surface area (Å²) >= 11 is 1.26. The molecule has 0 saturated carbocycles. The molecule has 3 aromatic rings. The number of fused-ring (bicyclic) bond motifs is 2. The third-order valence-corrected chi connectivity index (χ3v) is 6.26. The van der Waals surface area contributed by atoms with E-state index in [1.807, 2.05) is 7.05 Å². The number of carbonyl (C=O) groups is 2. The minimum absolute atomic E-state index is 0.124. The molecule has 1 aliphatic heterocycles. The second-order valence-electron chi connectivity index (χ2n) is 7.30. The number of thiophene rings is 1. The van der Waals surface area contributed by atoms with Crippen molar-refractivity contribution < 1.29 is 23.7 Å². The zero-order chi connectivity index (χ0) is 23.0. The number of benzene rings is 1. The molecule has 1 aliphatic rings. The molecule has 1 N–H and O–H groups in total. The fourth-order valence-electron chi connectivity index (χ4n) is 3.59. The van der Waals surface area contributed by atoms with Crippen LogP contribution in [0.4, 0.5) is 10.7 Å². The van der Waals surface area contributed by atoms with Gasteiger partial charge in [0.15, 0.2) is 0 Å². The number of non-ortho nitro benzene ring substituents is 1. The van der Waals surface area contributed by atoms with E-state index in [1.165, 1.54) is 35.6 Å². The number of nitro benzene ring substituents is 1. The normalized spacial score (nSPS) is 13.6. The first-order valence-corrected chi connectivity index (χ1v) is 10.6. The lowest BCUT2D eigenvalue weighted by molar-refractivity contribution is -0.384. The van der Waals surface area contributed by atoms with Crippen LogP contribution in [0.2, 0.25) is 0 Å². The largest absolute Gasteiger partial charge is 0.462 e. The van der Waals surface area contributed by atoms with Crippen LogP contribution in [0.1, 0.15) is 38.1 Å². The highest BCUT2D eigenvalue weighted by atomic mass is 32.1. The van der Waals surface area contributed by atoms with E-state index in [2.05, 4.69) is 10.2 Å². The van der Waals surface area contributed by atoms with Crippen molar-refractivity contribution in [2.24, 2.45) is 0 Å². The van der Waals surface area contributed by atoms with E-state index >= 15 is 0 Å². The van der Waals surface area contributed by atoms with Crippen molar-refractivity contribution in [2.75, 3.05) is 25.5 Å². The van der Waals surface area contributed by atoms with Crippen LogP contribution in [0.25, 0.3) is 11.0 Å². The van der Waals surface area contributed by atoms with Crippen molar-refractivity contribution in [2.45, 2.75) is 19.9 Å². The molecule has 0 unspecified atom stereocenters. The number of nitro groups is 1. The van der Waals surface area contributed by atoms with E-state index in [9.17, 15) is 24.5 Å². The highest BCUT2D eigenvalue weighted by molar-refractivity contribution is 7.17. The Bertz CT molecular complexity index is 1310. The SMILES string of the molecule is CCOC(=O)c1c(NC(=O)c2cc3cc([N+](=O)[O-])ccc3oc2=O)sc2c1CCN(C)C2. The standard InChI is InChI=1S/C21H19N3O7S/c1-3-30-21(27)17-13-6-7-23(2)10-16(13)32-19(17)22-18(25)14-9-11-8-12(24(28)29)4-5-15(11)31-20(14)26/h4-5,8-9H,3,6-7,10H2,1-2H3,(H,22,25). The maximum atomic E-state index is 12.9. The molecule has 0 fully saturated rings. The molecule has 0 radical (unpaired) electrons. The van der Waals surface area contributed by atoms with E-state index in [4.69, 9.17) is 9.15 Å². The molecule has 32 heavy (non-hydrogen) atoms. The zero-order valence-corrected chi connectivity index (χ0v) is 18.1. The van der Waals surface area contributed by atoms with Gasteiger partial charge in [0.05, 0.1) is 17.1 Å². The molecule has 0 saturated heterocycles. The number of nitrogens with one attached hydrogen (secondary N) is 1. The van der Waals surface area contributed by atoms with Crippen LogP contribution in [-0.2, 0) is 17.7 Å². The van der Waals surface area contributed by atoms with Crippen LogP contribution in [0, 0.1) is 10.1 Å². The number of rotatable bonds is 5. The van der Waals surface area contributed by atoms with Gasteiger partial charge in [-0.15, -0.1) is 11.3 Å². The summed E-state index contributed by atoms with van der Waals surface area (Å²) in [6.45, 7) is 3.27. The molecule has 3 heterocycles. The summed E-state index contributed by atoms with van der Waals surface area (Å²) in [5, 5.41) is 14.2. The minimum Gasteiger partial charge on any atom is -0.462 e. The number of likely N-dealkylation sites (N-methyl/N-ethyl adjacent to an activating group) is 1. The Kier molecular flexibility index (Phi) is 5.76. The highest BCUT2D eigenvalue weighted by Crippen LogP contribution is 2.37. The Morgan fingerprint density at radius 2 is 2.12 bits per heavy atom. The Balaban J connectivity index is 1.73. The third-order valence-electron chi connectivity index (χ3n) is 5.13. The lowest BCUT2D eigenvalue weighted by Crippen LogP contribution is -2.26. The molecule has 0 bridgehead atoms. The van der Waals surface area contributed by atoms with Gasteiger partial charge in [-0.2, -0.15) is 0 Å². The quantitative estimate of drug-likeness (QED) is 0.267. The van der Waals surface area contributed by atoms with Crippen molar-refractivity contribution in [3.63, 3.8) is 0 Å². The van der Waals surface area contributed by atoms with Gasteiger partial charge < -0.3 is 19.4 Å². The number of ether oxygens (including phenoxy) is 1. The van der Waals surface area contributed by atoms with E-state index < -0.39 is 22.4 Å². The molecule has 0 atom stereocenters. The molecule has 2 aromatic heterocycles. The molecule has 0 aliphatic carbocycles. The Hall–Kier alpha value is -3.57. The predicted molar refractivity (Wildman–Crippen MR) is 117 cm³/mol. The first-order valence-electron chi connectivity index (χ1n) is 9.82. The van der Waals surface area contributed by atoms with Crippen LogP contribution < -0.4 is 10.9 Å². The topological polar surface area (TPSA) is 132 Å². The Morgan fingerprint density at radius 1 is 1.34 bits per heavy atom. The molecular weight excluding hydrogens is 438 g/mol. The van der Waals surface area contributed by atoms with Gasteiger partial charge in [0.1, 0.15) is 16.1 Å². The van der Waals surface area contributed by atoms with Gasteiger partial charge in [-0.05, 0) is 38.1 Å². The van der Waals surface area contributed by atoms with Crippen molar-refractivity contribution in [1.82, 2.24) is 4.90 Å². The van der Waals surface area contributed by atoms with Gasteiger partial charge >= 0.3 is 11.6 Å². The maximum absolute atomic E-state index is 12.9. The second kappa shape index (κ2) is 8.52. The van der Waals surface area contributed by atoms with Gasteiger partial charge in [0.2, 0.25) is 0 Å². The number of hydrogen-bond donors (Lipinski definition) is 1. The average Bonchev–Trinajstić information content (AvgIpc) is 3.09. The van der Waals surface area contributed by atoms with Crippen molar-refractivity contribution in [3.8, 4) is 0 Å². The van der Waals surface area contributed by atoms with Crippen LogP contribution in [0.3, 0.4) is 0 Å². The van der Waals surface area contributed by atoms with E-state index in [-0.39, 0.29) is 28.8 Å². The van der Waals surface area contributed by atoms with Crippen LogP contribution in [-0.4, -0.2) is 41.9 Å². The van der Waals surface area contributed by atoms with E-state index in [0.717, 1.165) is 17.0 Å². The summed E-state index contributed by atoms with van der Waals surface area (Å²) < 4.78 is 10.3. The fourth-order valence-corrected chi connectivity index (χ4v) is 4.90. The van der Waals surface area contributed by atoms with E-state index in [1.54, 1.807) is 6.92 Å². The number of esters is 1. The predicted octanol–water partition coefficient (Wildman–Crippen LogP) is 3.18. The number of carbonyl (C=O) groups excluding carboxylic acids is 2. The summed E-state index contributed by atoms with van der Waals surface area (Å²) in [5.74, 6) is -1.31. The van der Waals surface area contributed by atoms with Crippen molar-refractivity contribution >= 4 is 44.9 Å². The molecule has 4 rings (SSSR count). The Labute approximate surface area is 185 Å². The first-order chi connectivity index (χ1) is 15.3. The number of anilines is 1. The molecule has 0 spiro atoms. The third kappa shape index (κ3) is 3.99. The smallest absolute Gasteiger partial charge is 0.349 e. The summed E-state index contributed by atoms with van der Waals surface area (Å²) in [6, 6.07) is 4.98. The molecule has 166 valence electrons. The molecule has 1 aromatic carbocycles. The van der Waals surface area contributed by atoms with Crippen LogP contribution >= 0.6 is 11.3 Å². The van der Waals surface area contributed by atoms with Gasteiger partial charge in [-0.3, -0.25) is 14.9 Å². The fraction of sp³-hybridized carbons (Fsp3) is 0.286.